The quantitative estimate of drug-likeness (QED) is 0.807. The zero-order valence-electron chi connectivity index (χ0n) is 12.7. The first-order chi connectivity index (χ1) is 10.1. The number of nitrogens with zero attached hydrogens (tertiary/aromatic N) is 2. The van der Waals surface area contributed by atoms with Crippen LogP contribution in [0.3, 0.4) is 0 Å². The first-order valence-electron chi connectivity index (χ1n) is 7.44. The minimum Gasteiger partial charge on any atom is -0.462 e. The molecular formula is C17H20N2O2. The van der Waals surface area contributed by atoms with Gasteiger partial charge in [-0.25, -0.2) is 9.48 Å². The second-order valence-electron chi connectivity index (χ2n) is 5.64. The summed E-state index contributed by atoms with van der Waals surface area (Å²) in [5.74, 6) is 0.156. The fourth-order valence-electron chi connectivity index (χ4n) is 2.71. The van der Waals surface area contributed by atoms with Gasteiger partial charge < -0.3 is 4.74 Å². The van der Waals surface area contributed by atoms with Gasteiger partial charge in [0.1, 0.15) is 5.56 Å². The normalized spacial score (nSPS) is 14.2. The molecule has 1 fully saturated rings. The number of carbonyl (C=O) groups is 1. The summed E-state index contributed by atoms with van der Waals surface area (Å²) in [6.07, 6.45) is 3.87. The van der Waals surface area contributed by atoms with Crippen LogP contribution in [-0.4, -0.2) is 22.4 Å². The van der Waals surface area contributed by atoms with Crippen molar-refractivity contribution in [2.75, 3.05) is 6.61 Å². The van der Waals surface area contributed by atoms with Gasteiger partial charge in [-0.1, -0.05) is 17.7 Å². The van der Waals surface area contributed by atoms with Gasteiger partial charge >= 0.3 is 5.97 Å². The van der Waals surface area contributed by atoms with Crippen molar-refractivity contribution >= 4 is 5.97 Å². The number of ether oxygens (including phenoxy) is 1. The maximum atomic E-state index is 12.1. The summed E-state index contributed by atoms with van der Waals surface area (Å²) in [4.78, 5) is 12.1. The second-order valence-corrected chi connectivity index (χ2v) is 5.64. The molecule has 0 spiro atoms. The van der Waals surface area contributed by atoms with Gasteiger partial charge in [-0.05, 0) is 45.2 Å². The number of aryl methyl sites for hydroxylation is 2. The van der Waals surface area contributed by atoms with Gasteiger partial charge in [-0.2, -0.15) is 5.10 Å². The van der Waals surface area contributed by atoms with E-state index in [0.29, 0.717) is 18.1 Å². The molecule has 110 valence electrons. The number of benzene rings is 1. The van der Waals surface area contributed by atoms with Crippen LogP contribution in [0.2, 0.25) is 0 Å². The molecule has 4 nitrogen and oxygen atoms in total. The van der Waals surface area contributed by atoms with Crippen LogP contribution < -0.4 is 0 Å². The smallest absolute Gasteiger partial charge is 0.341 e. The Bertz CT molecular complexity index is 684. The standard InChI is InChI=1S/C17H20N2O2/c1-4-21-17(20)14-10-18-19(16(14)13-6-7-13)15-8-5-11(2)9-12(15)3/h5,8-10,13H,4,6-7H2,1-3H3. The van der Waals surface area contributed by atoms with Crippen molar-refractivity contribution in [1.82, 2.24) is 9.78 Å². The van der Waals surface area contributed by atoms with Gasteiger partial charge in [0.15, 0.2) is 0 Å². The van der Waals surface area contributed by atoms with E-state index in [4.69, 9.17) is 4.74 Å². The van der Waals surface area contributed by atoms with Crippen molar-refractivity contribution in [3.63, 3.8) is 0 Å². The van der Waals surface area contributed by atoms with E-state index in [-0.39, 0.29) is 5.97 Å². The fourth-order valence-corrected chi connectivity index (χ4v) is 2.71. The first kappa shape index (κ1) is 13.9. The molecule has 0 N–H and O–H groups in total. The molecular weight excluding hydrogens is 264 g/mol. The second kappa shape index (κ2) is 5.35. The minimum absolute atomic E-state index is 0.268. The Labute approximate surface area is 124 Å². The van der Waals surface area contributed by atoms with Crippen LogP contribution in [-0.2, 0) is 4.74 Å². The van der Waals surface area contributed by atoms with E-state index in [9.17, 15) is 4.79 Å². The highest BCUT2D eigenvalue weighted by Gasteiger charge is 2.33. The molecule has 4 heteroatoms. The Morgan fingerprint density at radius 1 is 1.38 bits per heavy atom. The van der Waals surface area contributed by atoms with Crippen LogP contribution >= 0.6 is 0 Å². The molecule has 0 saturated heterocycles. The summed E-state index contributed by atoms with van der Waals surface area (Å²) in [6.45, 7) is 6.36. The lowest BCUT2D eigenvalue weighted by atomic mass is 10.1. The lowest BCUT2D eigenvalue weighted by Crippen LogP contribution is -2.09. The predicted molar refractivity (Wildman–Crippen MR) is 81.0 cm³/mol. The summed E-state index contributed by atoms with van der Waals surface area (Å²) in [5, 5.41) is 4.46. The third-order valence-electron chi connectivity index (χ3n) is 3.85. The van der Waals surface area contributed by atoms with E-state index in [1.54, 1.807) is 6.20 Å². The number of rotatable bonds is 4. The molecule has 1 aliphatic carbocycles. The van der Waals surface area contributed by atoms with Gasteiger partial charge in [0.2, 0.25) is 0 Å². The van der Waals surface area contributed by atoms with Crippen molar-refractivity contribution in [1.29, 1.82) is 0 Å². The highest BCUT2D eigenvalue weighted by molar-refractivity contribution is 5.91. The molecule has 1 heterocycles. The Kier molecular flexibility index (Phi) is 3.53. The van der Waals surface area contributed by atoms with Crippen LogP contribution in [0.1, 0.15) is 52.9 Å². The van der Waals surface area contributed by atoms with Crippen molar-refractivity contribution in [2.45, 2.75) is 39.5 Å². The lowest BCUT2D eigenvalue weighted by molar-refractivity contribution is 0.0525. The van der Waals surface area contributed by atoms with E-state index in [2.05, 4.69) is 37.1 Å². The zero-order chi connectivity index (χ0) is 15.0. The Morgan fingerprint density at radius 3 is 2.76 bits per heavy atom. The van der Waals surface area contributed by atoms with Crippen molar-refractivity contribution in [3.05, 3.63) is 46.8 Å². The van der Waals surface area contributed by atoms with Gasteiger partial charge in [0.25, 0.3) is 0 Å². The highest BCUT2D eigenvalue weighted by Crippen LogP contribution is 2.42. The maximum Gasteiger partial charge on any atom is 0.341 e. The van der Waals surface area contributed by atoms with Crippen molar-refractivity contribution < 1.29 is 9.53 Å². The minimum atomic E-state index is -0.268. The monoisotopic (exact) mass is 284 g/mol. The van der Waals surface area contributed by atoms with E-state index in [1.807, 2.05) is 11.6 Å². The summed E-state index contributed by atoms with van der Waals surface area (Å²) >= 11 is 0. The number of hydrogen-bond acceptors (Lipinski definition) is 3. The number of aromatic nitrogens is 2. The summed E-state index contributed by atoms with van der Waals surface area (Å²) in [7, 11) is 0. The molecule has 21 heavy (non-hydrogen) atoms. The first-order valence-corrected chi connectivity index (χ1v) is 7.44. The van der Waals surface area contributed by atoms with E-state index < -0.39 is 0 Å². The molecule has 0 bridgehead atoms. The van der Waals surface area contributed by atoms with Crippen LogP contribution in [0.25, 0.3) is 5.69 Å². The van der Waals surface area contributed by atoms with Crippen LogP contribution in [0.5, 0.6) is 0 Å². The molecule has 1 aromatic carbocycles. The molecule has 2 aromatic rings. The predicted octanol–water partition coefficient (Wildman–Crippen LogP) is 3.54. The molecule has 0 radical (unpaired) electrons. The third-order valence-corrected chi connectivity index (χ3v) is 3.85. The zero-order valence-corrected chi connectivity index (χ0v) is 12.7. The number of esters is 1. The highest BCUT2D eigenvalue weighted by atomic mass is 16.5. The molecule has 0 atom stereocenters. The number of carbonyl (C=O) groups excluding carboxylic acids is 1. The summed E-state index contributed by atoms with van der Waals surface area (Å²) in [6, 6.07) is 6.28. The molecule has 1 aromatic heterocycles. The molecule has 1 saturated carbocycles. The largest absolute Gasteiger partial charge is 0.462 e. The van der Waals surface area contributed by atoms with E-state index in [1.165, 1.54) is 5.56 Å². The van der Waals surface area contributed by atoms with Crippen LogP contribution in [0.15, 0.2) is 24.4 Å². The topological polar surface area (TPSA) is 44.1 Å². The van der Waals surface area contributed by atoms with E-state index in [0.717, 1.165) is 29.8 Å². The van der Waals surface area contributed by atoms with Gasteiger partial charge in [-0.3, -0.25) is 0 Å². The lowest BCUT2D eigenvalue weighted by Gasteiger charge is -2.11. The molecule has 0 unspecified atom stereocenters. The van der Waals surface area contributed by atoms with Gasteiger partial charge in [0, 0.05) is 5.92 Å². The number of hydrogen-bond donors (Lipinski definition) is 0. The third kappa shape index (κ3) is 2.58. The molecule has 3 rings (SSSR count). The molecule has 0 amide bonds. The fraction of sp³-hybridized carbons (Fsp3) is 0.412. The van der Waals surface area contributed by atoms with Crippen molar-refractivity contribution in [2.24, 2.45) is 0 Å². The summed E-state index contributed by atoms with van der Waals surface area (Å²) in [5.41, 5.74) is 5.04. The Hall–Kier alpha value is -2.10. The van der Waals surface area contributed by atoms with Crippen molar-refractivity contribution in [3.8, 4) is 5.69 Å². The van der Waals surface area contributed by atoms with Gasteiger partial charge in [0.05, 0.1) is 24.2 Å². The Morgan fingerprint density at radius 2 is 2.14 bits per heavy atom. The summed E-state index contributed by atoms with van der Waals surface area (Å²) < 4.78 is 7.07. The average Bonchev–Trinajstić information content (AvgIpc) is 3.18. The van der Waals surface area contributed by atoms with Crippen LogP contribution in [0, 0.1) is 13.8 Å². The van der Waals surface area contributed by atoms with Crippen LogP contribution in [0.4, 0.5) is 0 Å². The maximum absolute atomic E-state index is 12.1. The molecule has 0 aliphatic heterocycles. The van der Waals surface area contributed by atoms with E-state index >= 15 is 0 Å². The SMILES string of the molecule is CCOC(=O)c1cnn(-c2ccc(C)cc2C)c1C1CC1. The average molecular weight is 284 g/mol. The van der Waals surface area contributed by atoms with Gasteiger partial charge in [-0.15, -0.1) is 0 Å². The Balaban J connectivity index is 2.08. The molecule has 1 aliphatic rings.